The lowest BCUT2D eigenvalue weighted by atomic mass is 9.95. The molecule has 0 aromatic heterocycles. The predicted octanol–water partition coefficient (Wildman–Crippen LogP) is 4.83. The van der Waals surface area contributed by atoms with E-state index in [2.05, 4.69) is 15.9 Å². The van der Waals surface area contributed by atoms with Gasteiger partial charge in [-0.15, -0.1) is 0 Å². The molecule has 1 amide bonds. The quantitative estimate of drug-likeness (QED) is 0.269. The molecule has 0 aliphatic carbocycles. The van der Waals surface area contributed by atoms with E-state index in [1.165, 1.54) is 23.1 Å². The van der Waals surface area contributed by atoms with E-state index in [0.717, 1.165) is 4.47 Å². The summed E-state index contributed by atoms with van der Waals surface area (Å²) < 4.78 is 21.0. The number of benzene rings is 2. The van der Waals surface area contributed by atoms with Crippen LogP contribution in [0.1, 0.15) is 37.4 Å². The summed E-state index contributed by atoms with van der Waals surface area (Å²) in [5.41, 5.74) is 0.429. The number of nitrogens with zero attached hydrogens (tertiary/aromatic N) is 1. The van der Waals surface area contributed by atoms with Crippen molar-refractivity contribution >= 4 is 33.4 Å². The standard InChI is InChI=1S/C23H23BrFNO4/c1-14(2)30-13-5-12-26-20(17-6-3-4-7-18(17)25)19(22(28)23(26)29)21(27)15-8-10-16(24)11-9-15/h3-4,6-11,14,20,27H,5,12-13H2,1-2H3/b21-19-. The Labute approximate surface area is 183 Å². The lowest BCUT2D eigenvalue weighted by Crippen LogP contribution is -2.31. The smallest absolute Gasteiger partial charge is 0.295 e. The van der Waals surface area contributed by atoms with E-state index >= 15 is 0 Å². The van der Waals surface area contributed by atoms with Gasteiger partial charge in [0.2, 0.25) is 0 Å². The molecule has 0 spiro atoms. The number of carbonyl (C=O) groups excluding carboxylic acids is 2. The lowest BCUT2D eigenvalue weighted by Gasteiger charge is -2.25. The van der Waals surface area contributed by atoms with E-state index in [0.29, 0.717) is 18.6 Å². The first-order valence-corrected chi connectivity index (χ1v) is 10.5. The highest BCUT2D eigenvalue weighted by Gasteiger charge is 2.46. The van der Waals surface area contributed by atoms with Crippen LogP contribution in [-0.4, -0.2) is 41.0 Å². The zero-order valence-corrected chi connectivity index (χ0v) is 18.4. The number of ketones is 1. The number of amides is 1. The fourth-order valence-electron chi connectivity index (χ4n) is 3.45. The molecule has 1 atom stereocenters. The van der Waals surface area contributed by atoms with Crippen molar-refractivity contribution in [2.75, 3.05) is 13.2 Å². The number of hydrogen-bond acceptors (Lipinski definition) is 4. The molecule has 30 heavy (non-hydrogen) atoms. The van der Waals surface area contributed by atoms with Gasteiger partial charge in [0.05, 0.1) is 17.7 Å². The molecule has 0 bridgehead atoms. The SMILES string of the molecule is CC(C)OCCCN1C(=O)C(=O)/C(=C(\O)c2ccc(Br)cc2)C1c1ccccc1F. The third-order valence-corrected chi connectivity index (χ3v) is 5.38. The second kappa shape index (κ2) is 9.53. The van der Waals surface area contributed by atoms with Crippen molar-refractivity contribution in [3.05, 3.63) is 75.5 Å². The van der Waals surface area contributed by atoms with Crippen LogP contribution in [0.2, 0.25) is 0 Å². The molecule has 0 saturated carbocycles. The third kappa shape index (κ3) is 4.63. The second-order valence-corrected chi connectivity index (χ2v) is 8.21. The Hall–Kier alpha value is -2.51. The lowest BCUT2D eigenvalue weighted by molar-refractivity contribution is -0.140. The Morgan fingerprint density at radius 1 is 1.17 bits per heavy atom. The molecule has 2 aromatic carbocycles. The summed E-state index contributed by atoms with van der Waals surface area (Å²) in [6, 6.07) is 11.7. The summed E-state index contributed by atoms with van der Waals surface area (Å²) in [7, 11) is 0. The van der Waals surface area contributed by atoms with Crippen molar-refractivity contribution in [1.29, 1.82) is 0 Å². The molecule has 158 valence electrons. The number of likely N-dealkylation sites (tertiary alicyclic amines) is 1. The largest absolute Gasteiger partial charge is 0.507 e. The Morgan fingerprint density at radius 2 is 1.83 bits per heavy atom. The first-order chi connectivity index (χ1) is 14.3. The highest BCUT2D eigenvalue weighted by atomic mass is 79.9. The van der Waals surface area contributed by atoms with Crippen molar-refractivity contribution in [1.82, 2.24) is 4.90 Å². The van der Waals surface area contributed by atoms with Crippen LogP contribution < -0.4 is 0 Å². The van der Waals surface area contributed by atoms with Crippen LogP contribution in [0.15, 0.2) is 58.6 Å². The van der Waals surface area contributed by atoms with Crippen LogP contribution in [0.4, 0.5) is 4.39 Å². The molecule has 2 aromatic rings. The normalized spacial score (nSPS) is 18.4. The van der Waals surface area contributed by atoms with Crippen molar-refractivity contribution < 1.29 is 23.8 Å². The molecule has 1 heterocycles. The number of carbonyl (C=O) groups is 2. The average molecular weight is 476 g/mol. The monoisotopic (exact) mass is 475 g/mol. The van der Waals surface area contributed by atoms with Crippen LogP contribution in [-0.2, 0) is 14.3 Å². The minimum atomic E-state index is -1.01. The van der Waals surface area contributed by atoms with Gasteiger partial charge in [-0.05, 0) is 38.5 Å². The number of Topliss-reactive ketones (excluding diaryl/α,β-unsaturated/α-hetero) is 1. The minimum Gasteiger partial charge on any atom is -0.507 e. The number of ether oxygens (including phenoxy) is 1. The molecule has 1 aliphatic rings. The van der Waals surface area contributed by atoms with E-state index in [4.69, 9.17) is 4.74 Å². The van der Waals surface area contributed by atoms with Crippen LogP contribution in [0.3, 0.4) is 0 Å². The number of halogens is 2. The summed E-state index contributed by atoms with van der Waals surface area (Å²) in [5.74, 6) is -2.45. The summed E-state index contributed by atoms with van der Waals surface area (Å²) in [6.07, 6.45) is 0.522. The molecule has 1 aliphatic heterocycles. The minimum absolute atomic E-state index is 0.0418. The first-order valence-electron chi connectivity index (χ1n) is 9.71. The van der Waals surface area contributed by atoms with Crippen LogP contribution in [0.5, 0.6) is 0 Å². The number of aliphatic hydroxyl groups is 1. The Kier molecular flexibility index (Phi) is 7.05. The second-order valence-electron chi connectivity index (χ2n) is 7.29. The Morgan fingerprint density at radius 3 is 2.47 bits per heavy atom. The van der Waals surface area contributed by atoms with Gasteiger partial charge in [0.25, 0.3) is 11.7 Å². The van der Waals surface area contributed by atoms with Crippen LogP contribution >= 0.6 is 15.9 Å². The van der Waals surface area contributed by atoms with Gasteiger partial charge in [-0.2, -0.15) is 0 Å². The van der Waals surface area contributed by atoms with Gasteiger partial charge < -0.3 is 14.7 Å². The van der Waals surface area contributed by atoms with E-state index in [-0.39, 0.29) is 29.5 Å². The first kappa shape index (κ1) is 22.2. The van der Waals surface area contributed by atoms with Gasteiger partial charge in [-0.1, -0.05) is 46.3 Å². The molecular formula is C23H23BrFNO4. The van der Waals surface area contributed by atoms with E-state index < -0.39 is 23.5 Å². The predicted molar refractivity (Wildman–Crippen MR) is 115 cm³/mol. The zero-order valence-electron chi connectivity index (χ0n) is 16.8. The van der Waals surface area contributed by atoms with Gasteiger partial charge in [-0.25, -0.2) is 4.39 Å². The van der Waals surface area contributed by atoms with Gasteiger partial charge in [0.1, 0.15) is 11.6 Å². The molecule has 1 fully saturated rings. The average Bonchev–Trinajstić information content (AvgIpc) is 2.96. The van der Waals surface area contributed by atoms with Crippen LogP contribution in [0.25, 0.3) is 5.76 Å². The van der Waals surface area contributed by atoms with Gasteiger partial charge in [-0.3, -0.25) is 9.59 Å². The maximum Gasteiger partial charge on any atom is 0.295 e. The summed E-state index contributed by atoms with van der Waals surface area (Å²) in [4.78, 5) is 27.0. The fraction of sp³-hybridized carbons (Fsp3) is 0.304. The van der Waals surface area contributed by atoms with Gasteiger partial charge in [0, 0.05) is 28.8 Å². The molecular weight excluding hydrogens is 453 g/mol. The highest BCUT2D eigenvalue weighted by molar-refractivity contribution is 9.10. The summed E-state index contributed by atoms with van der Waals surface area (Å²) >= 11 is 3.32. The molecule has 1 unspecified atom stereocenters. The van der Waals surface area contributed by atoms with Crippen molar-refractivity contribution in [3.8, 4) is 0 Å². The maximum absolute atomic E-state index is 14.7. The van der Waals surface area contributed by atoms with E-state index in [1.807, 2.05) is 13.8 Å². The molecule has 1 saturated heterocycles. The molecule has 0 radical (unpaired) electrons. The van der Waals surface area contributed by atoms with E-state index in [9.17, 15) is 19.1 Å². The zero-order chi connectivity index (χ0) is 21.8. The summed E-state index contributed by atoms with van der Waals surface area (Å²) in [6.45, 7) is 4.42. The van der Waals surface area contributed by atoms with Crippen LogP contribution in [0, 0.1) is 5.82 Å². The fourth-order valence-corrected chi connectivity index (χ4v) is 3.71. The highest BCUT2D eigenvalue weighted by Crippen LogP contribution is 2.40. The summed E-state index contributed by atoms with van der Waals surface area (Å²) in [5, 5.41) is 10.9. The number of aliphatic hydroxyl groups excluding tert-OH is 1. The van der Waals surface area contributed by atoms with Crippen molar-refractivity contribution in [3.63, 3.8) is 0 Å². The topological polar surface area (TPSA) is 66.8 Å². The third-order valence-electron chi connectivity index (χ3n) is 4.85. The maximum atomic E-state index is 14.7. The van der Waals surface area contributed by atoms with Crippen molar-refractivity contribution in [2.45, 2.75) is 32.4 Å². The van der Waals surface area contributed by atoms with Crippen molar-refractivity contribution in [2.24, 2.45) is 0 Å². The molecule has 1 N–H and O–H groups in total. The molecule has 7 heteroatoms. The Balaban J connectivity index is 2.04. The molecule has 3 rings (SSSR count). The van der Waals surface area contributed by atoms with Gasteiger partial charge >= 0.3 is 0 Å². The van der Waals surface area contributed by atoms with Gasteiger partial charge in [0.15, 0.2) is 0 Å². The molecule has 5 nitrogen and oxygen atoms in total. The Bertz CT molecular complexity index is 971. The van der Waals surface area contributed by atoms with E-state index in [1.54, 1.807) is 30.3 Å². The number of hydrogen-bond donors (Lipinski definition) is 1. The number of rotatable bonds is 7.